The van der Waals surface area contributed by atoms with Crippen molar-refractivity contribution < 1.29 is 27.1 Å². The first-order valence-corrected chi connectivity index (χ1v) is 10.1. The molecule has 11 heteroatoms. The molecule has 4 rings (SSSR count). The molecule has 0 radical (unpaired) electrons. The van der Waals surface area contributed by atoms with Crippen molar-refractivity contribution in [2.24, 2.45) is 0 Å². The molecule has 3 aromatic rings. The van der Waals surface area contributed by atoms with Gasteiger partial charge in [0, 0.05) is 24.8 Å². The van der Waals surface area contributed by atoms with Crippen LogP contribution in [-0.2, 0) is 6.54 Å². The van der Waals surface area contributed by atoms with Crippen LogP contribution in [0.25, 0.3) is 5.69 Å². The molecule has 7 nitrogen and oxygen atoms in total. The van der Waals surface area contributed by atoms with E-state index < -0.39 is 35.9 Å². The third-order valence-electron chi connectivity index (χ3n) is 5.55. The average molecular weight is 464 g/mol. The average Bonchev–Trinajstić information content (AvgIpc) is 3.13. The van der Waals surface area contributed by atoms with Crippen LogP contribution >= 0.6 is 0 Å². The Morgan fingerprint density at radius 1 is 1.18 bits per heavy atom. The van der Waals surface area contributed by atoms with E-state index in [1.807, 2.05) is 0 Å². The summed E-state index contributed by atoms with van der Waals surface area (Å²) in [6.07, 6.45) is -1.78. The molecule has 0 bridgehead atoms. The van der Waals surface area contributed by atoms with E-state index >= 15 is 0 Å². The molecule has 0 N–H and O–H groups in total. The lowest BCUT2D eigenvalue weighted by Gasteiger charge is -2.39. The fourth-order valence-electron chi connectivity index (χ4n) is 4.11. The van der Waals surface area contributed by atoms with Gasteiger partial charge in [0.05, 0.1) is 18.1 Å². The van der Waals surface area contributed by atoms with Crippen LogP contribution < -0.4 is 10.3 Å². The fourth-order valence-corrected chi connectivity index (χ4v) is 4.11. The Morgan fingerprint density at radius 3 is 2.55 bits per heavy atom. The summed E-state index contributed by atoms with van der Waals surface area (Å²) in [6, 6.07) is 4.49. The number of hydrogen-bond acceptors (Lipinski definition) is 4. The fraction of sp³-hybridized carbons (Fsp3) is 0.318. The monoisotopic (exact) mass is 464 g/mol. The van der Waals surface area contributed by atoms with Crippen LogP contribution in [0.1, 0.15) is 41.6 Å². The molecule has 1 aromatic carbocycles. The number of aryl methyl sites for hydroxylation is 1. The second kappa shape index (κ2) is 8.05. The Balaban J connectivity index is 1.69. The molecule has 2 atom stereocenters. The molecule has 0 fully saturated rings. The molecular formula is C22H20F4N4O3. The predicted molar refractivity (Wildman–Crippen MR) is 110 cm³/mol. The van der Waals surface area contributed by atoms with E-state index in [0.29, 0.717) is 11.8 Å². The zero-order chi connectivity index (χ0) is 24.1. The molecule has 0 aliphatic carbocycles. The quantitative estimate of drug-likeness (QED) is 0.548. The van der Waals surface area contributed by atoms with Crippen molar-refractivity contribution in [2.45, 2.75) is 45.8 Å². The summed E-state index contributed by atoms with van der Waals surface area (Å²) in [5.41, 5.74) is 0.957. The topological polar surface area (TPSA) is 69.4 Å². The summed E-state index contributed by atoms with van der Waals surface area (Å²) in [6.45, 7) is 5.24. The number of hydrogen-bond donors (Lipinski definition) is 0. The van der Waals surface area contributed by atoms with Crippen LogP contribution in [0.2, 0.25) is 0 Å². The molecule has 2 aromatic heterocycles. The van der Waals surface area contributed by atoms with Crippen LogP contribution in [0.3, 0.4) is 0 Å². The number of halogens is 4. The first-order chi connectivity index (χ1) is 15.4. The van der Waals surface area contributed by atoms with Crippen molar-refractivity contribution >= 4 is 5.91 Å². The normalized spacial score (nSPS) is 17.1. The third kappa shape index (κ3) is 4.35. The van der Waals surface area contributed by atoms with Gasteiger partial charge in [0.1, 0.15) is 22.9 Å². The molecule has 33 heavy (non-hydrogen) atoms. The van der Waals surface area contributed by atoms with Gasteiger partial charge in [0.15, 0.2) is 0 Å². The number of imidazole rings is 1. The number of alkyl halides is 3. The van der Waals surface area contributed by atoms with Crippen molar-refractivity contribution in [2.75, 3.05) is 0 Å². The maximum Gasteiger partial charge on any atom is 0.573 e. The van der Waals surface area contributed by atoms with E-state index in [1.54, 1.807) is 31.5 Å². The number of rotatable bonds is 4. The maximum absolute atomic E-state index is 14.0. The molecule has 2 unspecified atom stereocenters. The molecule has 0 saturated heterocycles. The number of pyridine rings is 1. The molecular weight excluding hydrogens is 444 g/mol. The van der Waals surface area contributed by atoms with Crippen LogP contribution in [0.15, 0.2) is 47.7 Å². The highest BCUT2D eigenvalue weighted by Crippen LogP contribution is 2.32. The summed E-state index contributed by atoms with van der Waals surface area (Å²) >= 11 is 0. The van der Waals surface area contributed by atoms with Gasteiger partial charge in [-0.15, -0.1) is 13.2 Å². The summed E-state index contributed by atoms with van der Waals surface area (Å²) in [4.78, 5) is 31.9. The Labute approximate surface area is 185 Å². The minimum atomic E-state index is -4.98. The number of ether oxygens (including phenoxy) is 1. The van der Waals surface area contributed by atoms with Crippen molar-refractivity contribution in [1.29, 1.82) is 0 Å². The highest BCUT2D eigenvalue weighted by Gasteiger charge is 2.36. The number of carbonyl (C=O) groups excluding carboxylic acids is 1. The van der Waals surface area contributed by atoms with Gasteiger partial charge in [-0.2, -0.15) is 0 Å². The highest BCUT2D eigenvalue weighted by atomic mass is 19.4. The van der Waals surface area contributed by atoms with Crippen LogP contribution in [0, 0.1) is 12.7 Å². The number of amides is 1. The van der Waals surface area contributed by atoms with Gasteiger partial charge >= 0.3 is 6.36 Å². The van der Waals surface area contributed by atoms with E-state index in [9.17, 15) is 27.2 Å². The number of fused-ring (bicyclic) bond motifs is 1. The largest absolute Gasteiger partial charge is 0.573 e. The minimum absolute atomic E-state index is 0.133. The molecule has 3 heterocycles. The second-order valence-corrected chi connectivity index (χ2v) is 7.95. The van der Waals surface area contributed by atoms with Gasteiger partial charge in [0.25, 0.3) is 11.5 Å². The first-order valence-electron chi connectivity index (χ1n) is 10.1. The second-order valence-electron chi connectivity index (χ2n) is 7.95. The SMILES string of the molecule is Cc1cn(-c2ccc3n(c2=O)CC(C)N(C(C)c2cc(F)cc(OC(F)(F)F)c2)C3=O)cn1. The van der Waals surface area contributed by atoms with Gasteiger partial charge in [-0.1, -0.05) is 0 Å². The van der Waals surface area contributed by atoms with Crippen molar-refractivity contribution in [3.8, 4) is 11.4 Å². The van der Waals surface area contributed by atoms with Crippen LogP contribution in [0.5, 0.6) is 5.75 Å². The Hall–Kier alpha value is -3.63. The summed E-state index contributed by atoms with van der Waals surface area (Å²) in [7, 11) is 0. The predicted octanol–water partition coefficient (Wildman–Crippen LogP) is 3.99. The summed E-state index contributed by atoms with van der Waals surface area (Å²) < 4.78 is 58.6. The lowest BCUT2D eigenvalue weighted by Crippen LogP contribution is -2.50. The number of aromatic nitrogens is 3. The molecule has 174 valence electrons. The zero-order valence-electron chi connectivity index (χ0n) is 17.9. The standard InChI is InChI=1S/C22H20F4N4O3/c1-12-9-28(11-27-12)18-4-5-19-21(32)30(13(2)10-29(19)20(18)31)14(3)15-6-16(23)8-17(7-15)33-22(24,25)26/h4-9,11,13-14H,10H2,1-3H3. The third-order valence-corrected chi connectivity index (χ3v) is 5.55. The highest BCUT2D eigenvalue weighted by molar-refractivity contribution is 5.94. The van der Waals surface area contributed by atoms with E-state index in [-0.39, 0.29) is 23.4 Å². The summed E-state index contributed by atoms with van der Waals surface area (Å²) in [5.74, 6) is -2.12. The smallest absolute Gasteiger partial charge is 0.406 e. The number of carbonyl (C=O) groups is 1. The molecule has 1 amide bonds. The van der Waals surface area contributed by atoms with Gasteiger partial charge in [-0.25, -0.2) is 9.37 Å². The van der Waals surface area contributed by atoms with Crippen molar-refractivity contribution in [1.82, 2.24) is 19.0 Å². The van der Waals surface area contributed by atoms with Crippen molar-refractivity contribution in [3.63, 3.8) is 0 Å². The Morgan fingerprint density at radius 2 is 1.91 bits per heavy atom. The van der Waals surface area contributed by atoms with E-state index in [2.05, 4.69) is 9.72 Å². The zero-order valence-corrected chi connectivity index (χ0v) is 17.9. The van der Waals surface area contributed by atoms with Gasteiger partial charge in [-0.3, -0.25) is 9.59 Å². The van der Waals surface area contributed by atoms with E-state index in [4.69, 9.17) is 0 Å². The molecule has 0 saturated carbocycles. The van der Waals surface area contributed by atoms with E-state index in [0.717, 1.165) is 17.8 Å². The summed E-state index contributed by atoms with van der Waals surface area (Å²) in [5, 5.41) is 0. The number of nitrogens with zero attached hydrogens (tertiary/aromatic N) is 4. The molecule has 1 aliphatic rings. The lowest BCUT2D eigenvalue weighted by molar-refractivity contribution is -0.274. The Bertz CT molecular complexity index is 1280. The van der Waals surface area contributed by atoms with E-state index in [1.165, 1.54) is 27.9 Å². The molecule has 1 aliphatic heterocycles. The molecule has 0 spiro atoms. The van der Waals surface area contributed by atoms with Crippen LogP contribution in [-0.4, -0.2) is 37.3 Å². The maximum atomic E-state index is 14.0. The van der Waals surface area contributed by atoms with Gasteiger partial charge in [-0.05, 0) is 50.6 Å². The first kappa shape index (κ1) is 22.6. The van der Waals surface area contributed by atoms with Gasteiger partial charge in [0.2, 0.25) is 0 Å². The minimum Gasteiger partial charge on any atom is -0.406 e. The lowest BCUT2D eigenvalue weighted by atomic mass is 10.0. The Kier molecular flexibility index (Phi) is 5.51. The van der Waals surface area contributed by atoms with Crippen LogP contribution in [0.4, 0.5) is 17.6 Å². The van der Waals surface area contributed by atoms with Crippen molar-refractivity contribution in [3.05, 3.63) is 76.0 Å². The van der Waals surface area contributed by atoms with Gasteiger partial charge < -0.3 is 18.8 Å². The number of benzene rings is 1.